The monoisotopic (exact) mass is 281 g/mol. The molecule has 1 rings (SSSR count). The van der Waals surface area contributed by atoms with Gasteiger partial charge in [0.25, 0.3) is 0 Å². The molecule has 0 saturated heterocycles. The molecule has 0 atom stereocenters. The molecule has 0 heterocycles. The Labute approximate surface area is 122 Å². The second kappa shape index (κ2) is 11.7. The van der Waals surface area contributed by atoms with Crippen molar-refractivity contribution in [2.45, 2.75) is 26.3 Å². The molecule has 114 valence electrons. The number of nitrogens with one attached hydrogen (secondary N) is 1. The third kappa shape index (κ3) is 8.15. The highest BCUT2D eigenvalue weighted by atomic mass is 16.5. The summed E-state index contributed by atoms with van der Waals surface area (Å²) in [6, 6.07) is 8.25. The van der Waals surface area contributed by atoms with E-state index in [9.17, 15) is 0 Å². The maximum atomic E-state index is 5.62. The fraction of sp³-hybridized carbons (Fsp3) is 0.625. The van der Waals surface area contributed by atoms with Crippen molar-refractivity contribution < 1.29 is 14.2 Å². The number of benzene rings is 1. The van der Waals surface area contributed by atoms with Gasteiger partial charge in [-0.15, -0.1) is 0 Å². The number of hydrogen-bond donors (Lipinski definition) is 1. The number of rotatable bonds is 12. The summed E-state index contributed by atoms with van der Waals surface area (Å²) in [5.41, 5.74) is 1.25. The number of hydrogen-bond acceptors (Lipinski definition) is 4. The van der Waals surface area contributed by atoms with Gasteiger partial charge in [0.2, 0.25) is 0 Å². The topological polar surface area (TPSA) is 39.7 Å². The van der Waals surface area contributed by atoms with Crippen molar-refractivity contribution in [2.75, 3.05) is 40.1 Å². The molecule has 0 radical (unpaired) electrons. The van der Waals surface area contributed by atoms with E-state index in [4.69, 9.17) is 14.2 Å². The Kier molecular flexibility index (Phi) is 9.92. The maximum absolute atomic E-state index is 5.62. The largest absolute Gasteiger partial charge is 0.494 e. The van der Waals surface area contributed by atoms with Gasteiger partial charge in [-0.2, -0.15) is 0 Å². The second-order valence-electron chi connectivity index (χ2n) is 4.63. The van der Waals surface area contributed by atoms with Crippen molar-refractivity contribution in [1.29, 1.82) is 0 Å². The average Bonchev–Trinajstić information content (AvgIpc) is 2.48. The van der Waals surface area contributed by atoms with Crippen molar-refractivity contribution in [3.05, 3.63) is 29.8 Å². The third-order valence-electron chi connectivity index (χ3n) is 2.77. The van der Waals surface area contributed by atoms with Gasteiger partial charge in [-0.3, -0.25) is 0 Å². The minimum Gasteiger partial charge on any atom is -0.494 e. The van der Waals surface area contributed by atoms with Gasteiger partial charge in [0, 0.05) is 20.3 Å². The molecule has 20 heavy (non-hydrogen) atoms. The lowest BCUT2D eigenvalue weighted by molar-refractivity contribution is 0.0695. The first-order valence-corrected chi connectivity index (χ1v) is 7.36. The smallest absolute Gasteiger partial charge is 0.119 e. The first-order chi connectivity index (χ1) is 9.86. The van der Waals surface area contributed by atoms with Crippen LogP contribution in [0.1, 0.15) is 25.3 Å². The minimum atomic E-state index is 0.665. The van der Waals surface area contributed by atoms with Gasteiger partial charge < -0.3 is 19.5 Å². The molecule has 0 unspecified atom stereocenters. The van der Waals surface area contributed by atoms with Crippen molar-refractivity contribution in [3.8, 4) is 5.75 Å². The summed E-state index contributed by atoms with van der Waals surface area (Å²) in [4.78, 5) is 0. The molecule has 1 aromatic rings. The van der Waals surface area contributed by atoms with Crippen LogP contribution in [-0.4, -0.2) is 40.1 Å². The van der Waals surface area contributed by atoms with E-state index in [1.54, 1.807) is 7.11 Å². The summed E-state index contributed by atoms with van der Waals surface area (Å²) in [6.07, 6.45) is 2.04. The lowest BCUT2D eigenvalue weighted by atomic mass is 10.2. The van der Waals surface area contributed by atoms with E-state index < -0.39 is 0 Å². The van der Waals surface area contributed by atoms with E-state index in [0.717, 1.165) is 44.9 Å². The van der Waals surface area contributed by atoms with Crippen LogP contribution in [0.5, 0.6) is 5.75 Å². The Bertz CT molecular complexity index is 344. The Morgan fingerprint density at radius 1 is 1.10 bits per heavy atom. The van der Waals surface area contributed by atoms with Crippen molar-refractivity contribution in [2.24, 2.45) is 0 Å². The molecule has 1 aromatic carbocycles. The SMILES string of the molecule is CCCOc1cccc(CNCCCOCCOC)c1. The molecule has 0 amide bonds. The fourth-order valence-corrected chi connectivity index (χ4v) is 1.74. The standard InChI is InChI=1S/C16H27NO3/c1-3-9-20-16-7-4-6-15(13-16)14-17-8-5-10-19-12-11-18-2/h4,6-7,13,17H,3,5,8-12,14H2,1-2H3. The molecule has 0 saturated carbocycles. The molecular formula is C16H27NO3. The molecule has 4 nitrogen and oxygen atoms in total. The van der Waals surface area contributed by atoms with Crippen LogP contribution in [0.2, 0.25) is 0 Å². The quantitative estimate of drug-likeness (QED) is 0.598. The van der Waals surface area contributed by atoms with E-state index in [1.807, 2.05) is 12.1 Å². The van der Waals surface area contributed by atoms with E-state index in [0.29, 0.717) is 13.2 Å². The summed E-state index contributed by atoms with van der Waals surface area (Å²) < 4.78 is 15.9. The van der Waals surface area contributed by atoms with Crippen LogP contribution < -0.4 is 10.1 Å². The average molecular weight is 281 g/mol. The number of methoxy groups -OCH3 is 1. The van der Waals surface area contributed by atoms with Gasteiger partial charge in [-0.1, -0.05) is 19.1 Å². The first-order valence-electron chi connectivity index (χ1n) is 7.36. The van der Waals surface area contributed by atoms with Crippen molar-refractivity contribution in [3.63, 3.8) is 0 Å². The third-order valence-corrected chi connectivity index (χ3v) is 2.77. The summed E-state index contributed by atoms with van der Waals surface area (Å²) in [5, 5.41) is 3.41. The Morgan fingerprint density at radius 3 is 2.80 bits per heavy atom. The minimum absolute atomic E-state index is 0.665. The van der Waals surface area contributed by atoms with Gasteiger partial charge in [0.15, 0.2) is 0 Å². The van der Waals surface area contributed by atoms with Gasteiger partial charge in [0.1, 0.15) is 5.75 Å². The fourth-order valence-electron chi connectivity index (χ4n) is 1.74. The van der Waals surface area contributed by atoms with E-state index >= 15 is 0 Å². The van der Waals surface area contributed by atoms with Crippen LogP contribution in [-0.2, 0) is 16.0 Å². The summed E-state index contributed by atoms with van der Waals surface area (Å²) in [7, 11) is 1.68. The van der Waals surface area contributed by atoms with Crippen LogP contribution in [0, 0.1) is 0 Å². The lowest BCUT2D eigenvalue weighted by Crippen LogP contribution is -2.17. The van der Waals surface area contributed by atoms with Crippen LogP contribution in [0.3, 0.4) is 0 Å². The zero-order valence-electron chi connectivity index (χ0n) is 12.7. The highest BCUT2D eigenvalue weighted by Crippen LogP contribution is 2.13. The van der Waals surface area contributed by atoms with E-state index in [2.05, 4.69) is 24.4 Å². The highest BCUT2D eigenvalue weighted by Gasteiger charge is 1.97. The molecule has 1 N–H and O–H groups in total. The maximum Gasteiger partial charge on any atom is 0.119 e. The first kappa shape index (κ1) is 17.0. The predicted molar refractivity (Wildman–Crippen MR) is 81.2 cm³/mol. The van der Waals surface area contributed by atoms with Crippen molar-refractivity contribution >= 4 is 0 Å². The Hall–Kier alpha value is -1.10. The van der Waals surface area contributed by atoms with Crippen LogP contribution >= 0.6 is 0 Å². The van der Waals surface area contributed by atoms with Gasteiger partial charge in [-0.25, -0.2) is 0 Å². The Morgan fingerprint density at radius 2 is 2.00 bits per heavy atom. The van der Waals surface area contributed by atoms with E-state index in [-0.39, 0.29) is 0 Å². The van der Waals surface area contributed by atoms with Gasteiger partial charge in [-0.05, 0) is 37.1 Å². The molecule has 0 aromatic heterocycles. The normalized spacial score (nSPS) is 10.7. The lowest BCUT2D eigenvalue weighted by Gasteiger charge is -2.08. The zero-order valence-corrected chi connectivity index (χ0v) is 12.7. The summed E-state index contributed by atoms with van der Waals surface area (Å²) in [6.45, 7) is 6.81. The predicted octanol–water partition coefficient (Wildman–Crippen LogP) is 2.62. The Balaban J connectivity index is 2.09. The zero-order chi connectivity index (χ0) is 14.5. The van der Waals surface area contributed by atoms with E-state index in [1.165, 1.54) is 5.56 Å². The van der Waals surface area contributed by atoms with Crippen LogP contribution in [0.25, 0.3) is 0 Å². The van der Waals surface area contributed by atoms with Gasteiger partial charge in [0.05, 0.1) is 19.8 Å². The molecule has 0 aliphatic heterocycles. The molecule has 0 fully saturated rings. The van der Waals surface area contributed by atoms with Crippen LogP contribution in [0.4, 0.5) is 0 Å². The van der Waals surface area contributed by atoms with Gasteiger partial charge >= 0.3 is 0 Å². The molecule has 0 aliphatic rings. The summed E-state index contributed by atoms with van der Waals surface area (Å²) >= 11 is 0. The molecule has 0 bridgehead atoms. The molecule has 4 heteroatoms. The summed E-state index contributed by atoms with van der Waals surface area (Å²) in [5.74, 6) is 0.953. The van der Waals surface area contributed by atoms with Crippen LogP contribution in [0.15, 0.2) is 24.3 Å². The molecule has 0 spiro atoms. The van der Waals surface area contributed by atoms with Crippen molar-refractivity contribution in [1.82, 2.24) is 5.32 Å². The highest BCUT2D eigenvalue weighted by molar-refractivity contribution is 5.28. The number of ether oxygens (including phenoxy) is 3. The molecule has 0 aliphatic carbocycles. The second-order valence-corrected chi connectivity index (χ2v) is 4.63. The molecular weight excluding hydrogens is 254 g/mol.